The topological polar surface area (TPSA) is 91.3 Å². The van der Waals surface area contributed by atoms with Crippen molar-refractivity contribution in [3.8, 4) is 22.7 Å². The Bertz CT molecular complexity index is 1190. The van der Waals surface area contributed by atoms with Crippen molar-refractivity contribution in [1.82, 2.24) is 15.4 Å². The summed E-state index contributed by atoms with van der Waals surface area (Å²) in [5.74, 6) is 0.447. The molecule has 4 rings (SSSR count). The van der Waals surface area contributed by atoms with Crippen molar-refractivity contribution in [3.63, 3.8) is 0 Å². The Kier molecular flexibility index (Phi) is 5.83. The summed E-state index contributed by atoms with van der Waals surface area (Å²) in [7, 11) is 0. The Morgan fingerprint density at radius 1 is 1.10 bits per heavy atom. The first-order valence-corrected chi connectivity index (χ1v) is 9.71. The highest BCUT2D eigenvalue weighted by atomic mass is 35.5. The van der Waals surface area contributed by atoms with Crippen LogP contribution in [-0.4, -0.2) is 21.3 Å². The Hall–Kier alpha value is -3.16. The molecule has 0 saturated carbocycles. The second kappa shape index (κ2) is 8.69. The maximum Gasteiger partial charge on any atom is 0.310 e. The van der Waals surface area contributed by atoms with Crippen LogP contribution < -0.4 is 0 Å². The number of hydrogen-bond acceptors (Lipinski definition) is 7. The molecular formula is C21H15Cl2N3O4. The third kappa shape index (κ3) is 4.37. The van der Waals surface area contributed by atoms with Crippen molar-refractivity contribution in [2.45, 2.75) is 20.0 Å². The molecule has 0 radical (unpaired) electrons. The van der Waals surface area contributed by atoms with Crippen LogP contribution in [0.15, 0.2) is 57.5 Å². The molecule has 0 saturated heterocycles. The van der Waals surface area contributed by atoms with E-state index in [0.29, 0.717) is 32.6 Å². The molecule has 0 atom stereocenters. The van der Waals surface area contributed by atoms with E-state index in [1.807, 2.05) is 30.3 Å². The van der Waals surface area contributed by atoms with Crippen molar-refractivity contribution in [2.75, 3.05) is 0 Å². The summed E-state index contributed by atoms with van der Waals surface area (Å²) in [4.78, 5) is 12.1. The standard InChI is InChI=1S/C21H15Cl2N3O4/c1-12-19(20(26-30-12)13-5-3-2-4-6-13)21-25-24-17(29-21)11-28-18(27)9-14-7-8-15(22)10-16(14)23/h2-8,10H,9,11H2,1H3. The molecule has 2 heterocycles. The lowest BCUT2D eigenvalue weighted by Gasteiger charge is -2.04. The minimum atomic E-state index is -0.481. The first kappa shape index (κ1) is 20.1. The van der Waals surface area contributed by atoms with Crippen LogP contribution in [0.3, 0.4) is 0 Å². The van der Waals surface area contributed by atoms with Gasteiger partial charge in [-0.15, -0.1) is 10.2 Å². The van der Waals surface area contributed by atoms with Crippen LogP contribution in [-0.2, 0) is 22.6 Å². The molecule has 2 aromatic carbocycles. The lowest BCUT2D eigenvalue weighted by Crippen LogP contribution is -2.08. The van der Waals surface area contributed by atoms with E-state index in [0.717, 1.165) is 5.56 Å². The van der Waals surface area contributed by atoms with E-state index in [1.165, 1.54) is 0 Å². The molecule has 4 aromatic rings. The molecular weight excluding hydrogens is 429 g/mol. The molecule has 0 aliphatic heterocycles. The van der Waals surface area contributed by atoms with Crippen molar-refractivity contribution in [3.05, 3.63) is 75.8 Å². The van der Waals surface area contributed by atoms with E-state index >= 15 is 0 Å². The minimum Gasteiger partial charge on any atom is -0.455 e. The van der Waals surface area contributed by atoms with Crippen molar-refractivity contribution < 1.29 is 18.5 Å². The molecule has 0 spiro atoms. The Morgan fingerprint density at radius 2 is 1.90 bits per heavy atom. The smallest absolute Gasteiger partial charge is 0.310 e. The summed E-state index contributed by atoms with van der Waals surface area (Å²) in [6.07, 6.45) is -0.0000888. The van der Waals surface area contributed by atoms with E-state index in [9.17, 15) is 4.79 Å². The van der Waals surface area contributed by atoms with Crippen molar-refractivity contribution >= 4 is 29.2 Å². The summed E-state index contributed by atoms with van der Waals surface area (Å²) in [5, 5.41) is 13.0. The Morgan fingerprint density at radius 3 is 2.67 bits per heavy atom. The highest BCUT2D eigenvalue weighted by Crippen LogP contribution is 2.33. The molecule has 2 aromatic heterocycles. The number of aromatic nitrogens is 3. The van der Waals surface area contributed by atoms with Crippen LogP contribution >= 0.6 is 23.2 Å². The first-order valence-electron chi connectivity index (χ1n) is 8.95. The number of nitrogens with zero attached hydrogens (tertiary/aromatic N) is 3. The number of benzene rings is 2. The molecule has 0 aliphatic carbocycles. The van der Waals surface area contributed by atoms with Gasteiger partial charge in [0.15, 0.2) is 6.61 Å². The Balaban J connectivity index is 1.45. The minimum absolute atomic E-state index is 0.0000888. The summed E-state index contributed by atoms with van der Waals surface area (Å²) < 4.78 is 16.2. The monoisotopic (exact) mass is 443 g/mol. The zero-order valence-corrected chi connectivity index (χ0v) is 17.3. The van der Waals surface area contributed by atoms with Crippen LogP contribution in [0.1, 0.15) is 17.2 Å². The van der Waals surface area contributed by atoms with Gasteiger partial charge in [0.2, 0.25) is 0 Å². The number of esters is 1. The van der Waals surface area contributed by atoms with Crippen LogP contribution in [0, 0.1) is 6.92 Å². The van der Waals surface area contributed by atoms with Crippen molar-refractivity contribution in [2.24, 2.45) is 0 Å². The summed E-state index contributed by atoms with van der Waals surface area (Å²) >= 11 is 11.9. The summed E-state index contributed by atoms with van der Waals surface area (Å²) in [5.41, 5.74) is 2.66. The van der Waals surface area contributed by atoms with Crippen LogP contribution in [0.5, 0.6) is 0 Å². The number of ether oxygens (including phenoxy) is 1. The fourth-order valence-electron chi connectivity index (χ4n) is 2.84. The van der Waals surface area contributed by atoms with Crippen LogP contribution in [0.25, 0.3) is 22.7 Å². The number of carbonyl (C=O) groups is 1. The maximum absolute atomic E-state index is 12.1. The number of aryl methyl sites for hydroxylation is 1. The van der Waals surface area contributed by atoms with E-state index < -0.39 is 5.97 Å². The van der Waals surface area contributed by atoms with Gasteiger partial charge in [-0.25, -0.2) is 0 Å². The number of hydrogen-bond donors (Lipinski definition) is 0. The van der Waals surface area contributed by atoms with Crippen LogP contribution in [0.2, 0.25) is 10.0 Å². The maximum atomic E-state index is 12.1. The molecule has 9 heteroatoms. The quantitative estimate of drug-likeness (QED) is 0.373. The van der Waals surface area contributed by atoms with Crippen molar-refractivity contribution in [1.29, 1.82) is 0 Å². The predicted octanol–water partition coefficient (Wildman–Crippen LogP) is 5.29. The molecule has 0 amide bonds. The third-order valence-corrected chi connectivity index (χ3v) is 4.88. The Labute approximate surface area is 181 Å². The van der Waals surface area contributed by atoms with Gasteiger partial charge in [0.05, 0.1) is 6.42 Å². The lowest BCUT2D eigenvalue weighted by molar-refractivity contribution is -0.144. The molecule has 0 aliphatic rings. The van der Waals surface area contributed by atoms with Gasteiger partial charge >= 0.3 is 5.97 Å². The third-order valence-electron chi connectivity index (χ3n) is 4.30. The van der Waals surface area contributed by atoms with E-state index in [4.69, 9.17) is 36.9 Å². The second-order valence-corrected chi connectivity index (χ2v) is 7.25. The first-order chi connectivity index (χ1) is 14.5. The molecule has 7 nitrogen and oxygen atoms in total. The van der Waals surface area contributed by atoms with E-state index in [-0.39, 0.29) is 24.8 Å². The fourth-order valence-corrected chi connectivity index (χ4v) is 3.32. The summed E-state index contributed by atoms with van der Waals surface area (Å²) in [6, 6.07) is 14.4. The fraction of sp³-hybridized carbons (Fsp3) is 0.143. The molecule has 30 heavy (non-hydrogen) atoms. The SMILES string of the molecule is Cc1onc(-c2ccccc2)c1-c1nnc(COC(=O)Cc2ccc(Cl)cc2Cl)o1. The highest BCUT2D eigenvalue weighted by Gasteiger charge is 2.22. The highest BCUT2D eigenvalue weighted by molar-refractivity contribution is 6.35. The average Bonchev–Trinajstić information content (AvgIpc) is 3.35. The van der Waals surface area contributed by atoms with Gasteiger partial charge in [-0.2, -0.15) is 0 Å². The largest absolute Gasteiger partial charge is 0.455 e. The molecule has 0 unspecified atom stereocenters. The van der Waals surface area contributed by atoms with Gasteiger partial charge in [-0.3, -0.25) is 4.79 Å². The van der Waals surface area contributed by atoms with E-state index in [1.54, 1.807) is 25.1 Å². The number of rotatable bonds is 6. The van der Waals surface area contributed by atoms with Gasteiger partial charge in [-0.1, -0.05) is 64.8 Å². The van der Waals surface area contributed by atoms with Gasteiger partial charge in [0.25, 0.3) is 11.8 Å². The normalized spacial score (nSPS) is 10.9. The lowest BCUT2D eigenvalue weighted by atomic mass is 10.1. The number of halogens is 2. The summed E-state index contributed by atoms with van der Waals surface area (Å²) in [6.45, 7) is 1.59. The molecule has 152 valence electrons. The number of carbonyl (C=O) groups excluding carboxylic acids is 1. The van der Waals surface area contributed by atoms with Gasteiger partial charge in [0, 0.05) is 15.6 Å². The van der Waals surface area contributed by atoms with Gasteiger partial charge < -0.3 is 13.7 Å². The van der Waals surface area contributed by atoms with Crippen LogP contribution in [0.4, 0.5) is 0 Å². The van der Waals surface area contributed by atoms with E-state index in [2.05, 4.69) is 15.4 Å². The van der Waals surface area contributed by atoms with Gasteiger partial charge in [-0.05, 0) is 24.6 Å². The second-order valence-electron chi connectivity index (χ2n) is 6.40. The zero-order valence-electron chi connectivity index (χ0n) is 15.8. The molecule has 0 bridgehead atoms. The molecule has 0 fully saturated rings. The molecule has 0 N–H and O–H groups in total. The predicted molar refractivity (Wildman–Crippen MR) is 110 cm³/mol. The zero-order chi connectivity index (χ0) is 21.1. The average molecular weight is 444 g/mol. The van der Waals surface area contributed by atoms with Gasteiger partial charge in [0.1, 0.15) is 17.0 Å².